The van der Waals surface area contributed by atoms with Crippen molar-refractivity contribution >= 4 is 23.3 Å². The number of aromatic amines is 1. The standard InChI is InChI=1S/C13H14ClN3O2/c1-7-8(2)16-17-12(7)15-13(18)10-5-4-9(14)6-11(10)19-3/h4-6H,1-3H3,(H2,15,16,17,18). The summed E-state index contributed by atoms with van der Waals surface area (Å²) in [5, 5.41) is 10.1. The van der Waals surface area contributed by atoms with Crippen molar-refractivity contribution in [3.05, 3.63) is 40.0 Å². The van der Waals surface area contributed by atoms with Crippen molar-refractivity contribution in [3.8, 4) is 5.75 Å². The van der Waals surface area contributed by atoms with Gasteiger partial charge in [-0.1, -0.05) is 11.6 Å². The lowest BCUT2D eigenvalue weighted by Gasteiger charge is -2.08. The third-order valence-electron chi connectivity index (χ3n) is 2.89. The Labute approximate surface area is 115 Å². The Balaban J connectivity index is 2.27. The smallest absolute Gasteiger partial charge is 0.260 e. The molecule has 0 unspecified atom stereocenters. The molecule has 5 nitrogen and oxygen atoms in total. The summed E-state index contributed by atoms with van der Waals surface area (Å²) in [6, 6.07) is 4.85. The van der Waals surface area contributed by atoms with E-state index in [-0.39, 0.29) is 5.91 Å². The zero-order valence-electron chi connectivity index (χ0n) is 10.9. The summed E-state index contributed by atoms with van der Waals surface area (Å²) in [6.07, 6.45) is 0. The highest BCUT2D eigenvalue weighted by Crippen LogP contribution is 2.24. The Morgan fingerprint density at radius 2 is 2.16 bits per heavy atom. The van der Waals surface area contributed by atoms with Gasteiger partial charge in [0.2, 0.25) is 0 Å². The van der Waals surface area contributed by atoms with Gasteiger partial charge in [0.1, 0.15) is 5.75 Å². The molecule has 0 aliphatic carbocycles. The Bertz CT molecular complexity index is 622. The zero-order chi connectivity index (χ0) is 14.0. The molecule has 19 heavy (non-hydrogen) atoms. The van der Waals surface area contributed by atoms with Crippen LogP contribution in [0.25, 0.3) is 0 Å². The van der Waals surface area contributed by atoms with E-state index in [1.54, 1.807) is 18.2 Å². The number of benzene rings is 1. The van der Waals surface area contributed by atoms with E-state index in [9.17, 15) is 4.79 Å². The fourth-order valence-corrected chi connectivity index (χ4v) is 1.80. The number of methoxy groups -OCH3 is 1. The number of anilines is 1. The molecule has 0 bridgehead atoms. The van der Waals surface area contributed by atoms with Gasteiger partial charge < -0.3 is 10.1 Å². The average Bonchev–Trinajstić information content (AvgIpc) is 2.70. The van der Waals surface area contributed by atoms with Crippen LogP contribution in [0.3, 0.4) is 0 Å². The van der Waals surface area contributed by atoms with Gasteiger partial charge in [-0.15, -0.1) is 0 Å². The molecule has 0 spiro atoms. The van der Waals surface area contributed by atoms with Crippen molar-refractivity contribution in [2.45, 2.75) is 13.8 Å². The van der Waals surface area contributed by atoms with E-state index in [0.717, 1.165) is 11.3 Å². The number of H-pyrrole nitrogens is 1. The highest BCUT2D eigenvalue weighted by atomic mass is 35.5. The number of halogens is 1. The number of aromatic nitrogens is 2. The first-order valence-electron chi connectivity index (χ1n) is 5.69. The maximum atomic E-state index is 12.2. The minimum Gasteiger partial charge on any atom is -0.496 e. The van der Waals surface area contributed by atoms with Crippen LogP contribution < -0.4 is 10.1 Å². The van der Waals surface area contributed by atoms with Gasteiger partial charge in [0.05, 0.1) is 12.7 Å². The highest BCUT2D eigenvalue weighted by Gasteiger charge is 2.15. The molecule has 0 saturated carbocycles. The molecule has 0 fully saturated rings. The minimum atomic E-state index is -0.289. The van der Waals surface area contributed by atoms with Gasteiger partial charge in [-0.25, -0.2) is 0 Å². The number of carbonyl (C=O) groups excluding carboxylic acids is 1. The van der Waals surface area contributed by atoms with Crippen molar-refractivity contribution in [2.24, 2.45) is 0 Å². The van der Waals surface area contributed by atoms with Gasteiger partial charge in [0.15, 0.2) is 5.82 Å². The highest BCUT2D eigenvalue weighted by molar-refractivity contribution is 6.31. The number of ether oxygens (including phenoxy) is 1. The number of nitrogens with one attached hydrogen (secondary N) is 2. The van der Waals surface area contributed by atoms with E-state index in [4.69, 9.17) is 16.3 Å². The van der Waals surface area contributed by atoms with Crippen molar-refractivity contribution in [2.75, 3.05) is 12.4 Å². The van der Waals surface area contributed by atoms with Gasteiger partial charge in [-0.2, -0.15) is 5.10 Å². The topological polar surface area (TPSA) is 67.0 Å². The Morgan fingerprint density at radius 3 is 2.74 bits per heavy atom. The van der Waals surface area contributed by atoms with E-state index in [0.29, 0.717) is 22.2 Å². The van der Waals surface area contributed by atoms with Crippen LogP contribution in [0, 0.1) is 13.8 Å². The summed E-state index contributed by atoms with van der Waals surface area (Å²) in [5.41, 5.74) is 2.23. The van der Waals surface area contributed by atoms with Gasteiger partial charge in [-0.3, -0.25) is 9.89 Å². The Hall–Kier alpha value is -2.01. The lowest BCUT2D eigenvalue weighted by molar-refractivity contribution is 0.102. The molecule has 0 aliphatic heterocycles. The van der Waals surface area contributed by atoms with E-state index < -0.39 is 0 Å². The first-order chi connectivity index (χ1) is 9.02. The number of aryl methyl sites for hydroxylation is 1. The molecule has 0 atom stereocenters. The SMILES string of the molecule is COc1cc(Cl)ccc1C(=O)Nc1n[nH]c(C)c1C. The molecular formula is C13H14ClN3O2. The van der Waals surface area contributed by atoms with E-state index >= 15 is 0 Å². The predicted octanol–water partition coefficient (Wildman–Crippen LogP) is 2.94. The number of nitrogens with zero attached hydrogens (tertiary/aromatic N) is 1. The lowest BCUT2D eigenvalue weighted by Crippen LogP contribution is -2.14. The summed E-state index contributed by atoms with van der Waals surface area (Å²) < 4.78 is 5.15. The van der Waals surface area contributed by atoms with Gasteiger partial charge in [0, 0.05) is 16.3 Å². The molecule has 0 aliphatic rings. The summed E-state index contributed by atoms with van der Waals surface area (Å²) in [4.78, 5) is 12.2. The Kier molecular flexibility index (Phi) is 3.76. The van der Waals surface area contributed by atoms with E-state index in [1.165, 1.54) is 7.11 Å². The number of carbonyl (C=O) groups is 1. The van der Waals surface area contributed by atoms with Crippen LogP contribution in [-0.2, 0) is 0 Å². The summed E-state index contributed by atoms with van der Waals surface area (Å²) >= 11 is 5.86. The Morgan fingerprint density at radius 1 is 1.42 bits per heavy atom. The third-order valence-corrected chi connectivity index (χ3v) is 3.13. The minimum absolute atomic E-state index is 0.289. The molecular weight excluding hydrogens is 266 g/mol. The molecule has 100 valence electrons. The summed E-state index contributed by atoms with van der Waals surface area (Å²) in [7, 11) is 1.49. The predicted molar refractivity (Wildman–Crippen MR) is 74.0 cm³/mol. The molecule has 1 amide bonds. The molecule has 0 saturated heterocycles. The first-order valence-corrected chi connectivity index (χ1v) is 6.07. The molecule has 2 rings (SSSR count). The van der Waals surface area contributed by atoms with Gasteiger partial charge >= 0.3 is 0 Å². The second-order valence-corrected chi connectivity index (χ2v) is 4.56. The number of hydrogen-bond donors (Lipinski definition) is 2. The monoisotopic (exact) mass is 279 g/mol. The van der Waals surface area contributed by atoms with Crippen LogP contribution in [0.2, 0.25) is 5.02 Å². The fraction of sp³-hybridized carbons (Fsp3) is 0.231. The third kappa shape index (κ3) is 2.71. The van der Waals surface area contributed by atoms with Crippen LogP contribution in [0.4, 0.5) is 5.82 Å². The molecule has 2 N–H and O–H groups in total. The number of rotatable bonds is 3. The van der Waals surface area contributed by atoms with Crippen molar-refractivity contribution in [1.29, 1.82) is 0 Å². The molecule has 6 heteroatoms. The van der Waals surface area contributed by atoms with Crippen molar-refractivity contribution in [1.82, 2.24) is 10.2 Å². The second kappa shape index (κ2) is 5.32. The number of hydrogen-bond acceptors (Lipinski definition) is 3. The maximum absolute atomic E-state index is 12.2. The second-order valence-electron chi connectivity index (χ2n) is 4.12. The van der Waals surface area contributed by atoms with E-state index in [2.05, 4.69) is 15.5 Å². The quantitative estimate of drug-likeness (QED) is 0.908. The van der Waals surface area contributed by atoms with Crippen LogP contribution in [-0.4, -0.2) is 23.2 Å². The van der Waals surface area contributed by atoms with Crippen LogP contribution in [0.1, 0.15) is 21.6 Å². The van der Waals surface area contributed by atoms with Crippen LogP contribution in [0.15, 0.2) is 18.2 Å². The normalized spacial score (nSPS) is 10.3. The first kappa shape index (κ1) is 13.4. The fourth-order valence-electron chi connectivity index (χ4n) is 1.63. The molecule has 1 heterocycles. The average molecular weight is 280 g/mol. The maximum Gasteiger partial charge on any atom is 0.260 e. The van der Waals surface area contributed by atoms with Crippen LogP contribution in [0.5, 0.6) is 5.75 Å². The summed E-state index contributed by atoms with van der Waals surface area (Å²) in [5.74, 6) is 0.650. The molecule has 0 radical (unpaired) electrons. The van der Waals surface area contributed by atoms with Crippen molar-refractivity contribution < 1.29 is 9.53 Å². The van der Waals surface area contributed by atoms with E-state index in [1.807, 2.05) is 13.8 Å². The molecule has 2 aromatic rings. The summed E-state index contributed by atoms with van der Waals surface area (Å²) in [6.45, 7) is 3.77. The molecule has 1 aromatic heterocycles. The van der Waals surface area contributed by atoms with Gasteiger partial charge in [-0.05, 0) is 32.0 Å². The largest absolute Gasteiger partial charge is 0.496 e. The number of amides is 1. The van der Waals surface area contributed by atoms with Crippen molar-refractivity contribution in [3.63, 3.8) is 0 Å². The van der Waals surface area contributed by atoms with Gasteiger partial charge in [0.25, 0.3) is 5.91 Å². The lowest BCUT2D eigenvalue weighted by atomic mass is 10.2. The zero-order valence-corrected chi connectivity index (χ0v) is 11.6. The van der Waals surface area contributed by atoms with Crippen LogP contribution >= 0.6 is 11.6 Å². The molecule has 1 aromatic carbocycles.